The van der Waals surface area contributed by atoms with E-state index in [1.807, 2.05) is 46.4 Å². The van der Waals surface area contributed by atoms with Crippen LogP contribution in [0.15, 0.2) is 0 Å². The summed E-state index contributed by atoms with van der Waals surface area (Å²) < 4.78 is 5.28. The smallest absolute Gasteiger partial charge is 0.408 e. The van der Waals surface area contributed by atoms with Gasteiger partial charge in [-0.1, -0.05) is 6.92 Å². The van der Waals surface area contributed by atoms with Crippen molar-refractivity contribution in [2.45, 2.75) is 70.4 Å². The van der Waals surface area contributed by atoms with Gasteiger partial charge in [0.25, 0.3) is 0 Å². The van der Waals surface area contributed by atoms with E-state index < -0.39 is 5.60 Å². The van der Waals surface area contributed by atoms with Crippen molar-refractivity contribution < 1.29 is 9.53 Å². The molecule has 1 rings (SSSR count). The molecule has 0 aliphatic carbocycles. The van der Waals surface area contributed by atoms with Crippen molar-refractivity contribution >= 4 is 17.9 Å². The zero-order valence-corrected chi connectivity index (χ0v) is 13.8. The Labute approximate surface area is 121 Å². The van der Waals surface area contributed by atoms with Crippen LogP contribution in [-0.2, 0) is 4.74 Å². The zero-order chi connectivity index (χ0) is 14.7. The molecule has 112 valence electrons. The predicted octanol–water partition coefficient (Wildman–Crippen LogP) is 2.77. The van der Waals surface area contributed by atoms with E-state index in [4.69, 9.17) is 4.74 Å². The van der Waals surface area contributed by atoms with E-state index >= 15 is 0 Å². The lowest BCUT2D eigenvalue weighted by atomic mass is 10.1. The van der Waals surface area contributed by atoms with Crippen LogP contribution in [0.5, 0.6) is 0 Å². The highest BCUT2D eigenvalue weighted by molar-refractivity contribution is 8.00. The molecule has 0 spiro atoms. The molecule has 1 aliphatic rings. The molecule has 1 aliphatic heterocycles. The summed E-state index contributed by atoms with van der Waals surface area (Å²) in [4.78, 5) is 11.8. The molecule has 0 aromatic rings. The van der Waals surface area contributed by atoms with E-state index in [0.717, 1.165) is 17.5 Å². The van der Waals surface area contributed by atoms with Gasteiger partial charge in [-0.3, -0.25) is 0 Å². The van der Waals surface area contributed by atoms with E-state index in [0.29, 0.717) is 6.04 Å². The molecule has 0 aromatic heterocycles. The van der Waals surface area contributed by atoms with Crippen LogP contribution in [0.3, 0.4) is 0 Å². The van der Waals surface area contributed by atoms with Gasteiger partial charge in [0.15, 0.2) is 0 Å². The summed E-state index contributed by atoms with van der Waals surface area (Å²) in [7, 11) is 0. The molecule has 19 heavy (non-hydrogen) atoms. The first-order chi connectivity index (χ1) is 8.57. The third-order valence-electron chi connectivity index (χ3n) is 2.87. The second-order valence-electron chi connectivity index (χ2n) is 6.97. The Kier molecular flexibility index (Phi) is 5.56. The normalized spacial score (nSPS) is 24.3. The van der Waals surface area contributed by atoms with Crippen LogP contribution in [0.4, 0.5) is 4.79 Å². The number of carbonyl (C=O) groups excluding carboxylic acids is 1. The minimum atomic E-state index is -0.453. The maximum Gasteiger partial charge on any atom is 0.408 e. The van der Waals surface area contributed by atoms with E-state index in [-0.39, 0.29) is 11.6 Å². The average molecular weight is 288 g/mol. The molecule has 0 saturated carbocycles. The van der Waals surface area contributed by atoms with E-state index in [9.17, 15) is 4.79 Å². The monoisotopic (exact) mass is 288 g/mol. The van der Waals surface area contributed by atoms with Gasteiger partial charge in [0.2, 0.25) is 0 Å². The number of alkyl carbamates (subject to hydrolysis) is 1. The number of hydrogen-bond donors (Lipinski definition) is 2. The standard InChI is InChI=1S/C14H28N2O2S/c1-10-7-11(8-19-10)15-9-14(5,6)16-12(17)18-13(2,3)4/h10-11,15H,7-9H2,1-6H3,(H,16,17). The Balaban J connectivity index is 2.32. The molecule has 1 saturated heterocycles. The molecule has 5 heteroatoms. The summed E-state index contributed by atoms with van der Waals surface area (Å²) in [5.74, 6) is 1.16. The van der Waals surface area contributed by atoms with Gasteiger partial charge in [-0.2, -0.15) is 11.8 Å². The van der Waals surface area contributed by atoms with E-state index in [2.05, 4.69) is 17.6 Å². The highest BCUT2D eigenvalue weighted by Crippen LogP contribution is 2.26. The highest BCUT2D eigenvalue weighted by Gasteiger charge is 2.27. The summed E-state index contributed by atoms with van der Waals surface area (Å²) in [5, 5.41) is 7.18. The van der Waals surface area contributed by atoms with Gasteiger partial charge >= 0.3 is 6.09 Å². The third-order valence-corrected chi connectivity index (χ3v) is 4.23. The van der Waals surface area contributed by atoms with E-state index in [1.165, 1.54) is 6.42 Å². The number of carbonyl (C=O) groups is 1. The zero-order valence-electron chi connectivity index (χ0n) is 13.0. The van der Waals surface area contributed by atoms with Gasteiger partial charge in [-0.05, 0) is 41.0 Å². The molecule has 0 radical (unpaired) electrons. The van der Waals surface area contributed by atoms with Crippen molar-refractivity contribution in [2.75, 3.05) is 12.3 Å². The fourth-order valence-electron chi connectivity index (χ4n) is 1.98. The predicted molar refractivity (Wildman–Crippen MR) is 81.8 cm³/mol. The SMILES string of the molecule is CC1CC(NCC(C)(C)NC(=O)OC(C)(C)C)CS1. The van der Waals surface area contributed by atoms with Crippen LogP contribution in [-0.4, -0.2) is 40.8 Å². The fourth-order valence-corrected chi connectivity index (χ4v) is 3.17. The largest absolute Gasteiger partial charge is 0.444 e. The quantitative estimate of drug-likeness (QED) is 0.835. The Morgan fingerprint density at radius 2 is 1.95 bits per heavy atom. The summed E-state index contributed by atoms with van der Waals surface area (Å²) in [5.41, 5.74) is -0.760. The first kappa shape index (κ1) is 16.6. The summed E-state index contributed by atoms with van der Waals surface area (Å²) in [6.07, 6.45) is 0.848. The lowest BCUT2D eigenvalue weighted by molar-refractivity contribution is 0.0471. The Morgan fingerprint density at radius 3 is 2.42 bits per heavy atom. The molecule has 0 aromatic carbocycles. The van der Waals surface area contributed by atoms with Gasteiger partial charge in [0, 0.05) is 23.6 Å². The minimum Gasteiger partial charge on any atom is -0.444 e. The van der Waals surface area contributed by atoms with E-state index in [1.54, 1.807) is 0 Å². The molecule has 4 nitrogen and oxygen atoms in total. The van der Waals surface area contributed by atoms with Crippen molar-refractivity contribution in [2.24, 2.45) is 0 Å². The van der Waals surface area contributed by atoms with Crippen molar-refractivity contribution in [1.82, 2.24) is 10.6 Å². The van der Waals surface area contributed by atoms with Gasteiger partial charge in [0.05, 0.1) is 5.54 Å². The molecule has 2 atom stereocenters. The van der Waals surface area contributed by atoms with Gasteiger partial charge in [-0.15, -0.1) is 0 Å². The number of ether oxygens (including phenoxy) is 1. The molecule has 1 amide bonds. The first-order valence-electron chi connectivity index (χ1n) is 6.93. The van der Waals surface area contributed by atoms with Gasteiger partial charge in [-0.25, -0.2) is 4.79 Å². The lowest BCUT2D eigenvalue weighted by Crippen LogP contribution is -2.53. The van der Waals surface area contributed by atoms with Crippen LogP contribution >= 0.6 is 11.8 Å². The summed E-state index contributed by atoms with van der Waals surface area (Å²) in [6.45, 7) is 12.6. The number of nitrogens with one attached hydrogen (secondary N) is 2. The first-order valence-corrected chi connectivity index (χ1v) is 7.98. The highest BCUT2D eigenvalue weighted by atomic mass is 32.2. The summed E-state index contributed by atoms with van der Waals surface area (Å²) >= 11 is 2.00. The molecule has 0 bridgehead atoms. The molecule has 1 heterocycles. The molecule has 1 fully saturated rings. The number of amides is 1. The summed E-state index contributed by atoms with van der Waals surface area (Å²) in [6, 6.07) is 0.555. The maximum atomic E-state index is 11.8. The van der Waals surface area contributed by atoms with Crippen LogP contribution in [0.2, 0.25) is 0 Å². The molecule has 2 N–H and O–H groups in total. The van der Waals surface area contributed by atoms with Gasteiger partial charge < -0.3 is 15.4 Å². The third kappa shape index (κ3) is 7.06. The number of rotatable bonds is 4. The second-order valence-corrected chi connectivity index (χ2v) is 8.44. The van der Waals surface area contributed by atoms with Crippen LogP contribution in [0.25, 0.3) is 0 Å². The topological polar surface area (TPSA) is 50.4 Å². The molecule has 2 unspecified atom stereocenters. The van der Waals surface area contributed by atoms with Crippen LogP contribution in [0, 0.1) is 0 Å². The minimum absolute atomic E-state index is 0.307. The number of hydrogen-bond acceptors (Lipinski definition) is 4. The van der Waals surface area contributed by atoms with Gasteiger partial charge in [0.1, 0.15) is 5.60 Å². The second kappa shape index (κ2) is 6.35. The van der Waals surface area contributed by atoms with Crippen molar-refractivity contribution in [3.63, 3.8) is 0 Å². The van der Waals surface area contributed by atoms with Crippen molar-refractivity contribution in [3.8, 4) is 0 Å². The molecular formula is C14H28N2O2S. The van der Waals surface area contributed by atoms with Crippen LogP contribution in [0.1, 0.15) is 48.0 Å². The Bertz CT molecular complexity index is 313. The average Bonchev–Trinajstić information content (AvgIpc) is 2.57. The maximum absolute atomic E-state index is 11.8. The Morgan fingerprint density at radius 1 is 1.32 bits per heavy atom. The fraction of sp³-hybridized carbons (Fsp3) is 0.929. The van der Waals surface area contributed by atoms with Crippen molar-refractivity contribution in [3.05, 3.63) is 0 Å². The van der Waals surface area contributed by atoms with Crippen molar-refractivity contribution in [1.29, 1.82) is 0 Å². The Hall–Kier alpha value is -0.420. The number of thioether (sulfide) groups is 1. The van der Waals surface area contributed by atoms with Crippen LogP contribution < -0.4 is 10.6 Å². The lowest BCUT2D eigenvalue weighted by Gasteiger charge is -2.30. The molecular weight excluding hydrogens is 260 g/mol.